The number of carbonyl (C=O) groups is 1. The Bertz CT molecular complexity index is 387. The molecule has 5 nitrogen and oxygen atoms in total. The lowest BCUT2D eigenvalue weighted by Gasteiger charge is -2.19. The smallest absolute Gasteiger partial charge is 0.314 e. The van der Waals surface area contributed by atoms with E-state index < -0.39 is 12.1 Å². The molecule has 0 radical (unpaired) electrons. The fourth-order valence-electron chi connectivity index (χ4n) is 1.21. The van der Waals surface area contributed by atoms with Crippen LogP contribution in [-0.2, 0) is 0 Å². The molecule has 17 heavy (non-hydrogen) atoms. The predicted molar refractivity (Wildman–Crippen MR) is 65.2 cm³/mol. The van der Waals surface area contributed by atoms with Gasteiger partial charge >= 0.3 is 6.03 Å². The maximum absolute atomic E-state index is 10.7. The van der Waals surface area contributed by atoms with Crippen molar-refractivity contribution < 1.29 is 14.6 Å². The Labute approximate surface area is 105 Å². The molecule has 1 aromatic carbocycles. The average molecular weight is 259 g/mol. The Hall–Kier alpha value is -1.46. The van der Waals surface area contributed by atoms with Gasteiger partial charge in [0.15, 0.2) is 0 Å². The number of aliphatic hydroxyl groups excluding tert-OH is 1. The number of hydrogen-bond donors (Lipinski definition) is 2. The molecule has 0 aliphatic carbocycles. The van der Waals surface area contributed by atoms with E-state index in [0.717, 1.165) is 0 Å². The van der Waals surface area contributed by atoms with Crippen molar-refractivity contribution in [1.29, 1.82) is 0 Å². The molecule has 1 rings (SSSR count). The highest BCUT2D eigenvalue weighted by Gasteiger charge is 2.12. The zero-order chi connectivity index (χ0) is 12.8. The molecule has 0 bridgehead atoms. The molecule has 2 amide bonds. The number of nitrogens with zero attached hydrogens (tertiary/aromatic N) is 1. The van der Waals surface area contributed by atoms with Gasteiger partial charge in [-0.15, -0.1) is 0 Å². The Balaban J connectivity index is 2.41. The minimum atomic E-state index is -0.816. The summed E-state index contributed by atoms with van der Waals surface area (Å²) in [5.41, 5.74) is 5.03. The fourth-order valence-corrected chi connectivity index (χ4v) is 1.40. The molecule has 0 spiro atoms. The summed E-state index contributed by atoms with van der Waals surface area (Å²) in [5.74, 6) is 0.495. The molecule has 0 heterocycles. The summed E-state index contributed by atoms with van der Waals surface area (Å²) in [5, 5.41) is 10.1. The summed E-state index contributed by atoms with van der Waals surface area (Å²) < 4.78 is 5.32. The molecule has 0 aromatic heterocycles. The third kappa shape index (κ3) is 4.50. The number of benzene rings is 1. The van der Waals surface area contributed by atoms with Crippen LogP contribution in [0, 0.1) is 0 Å². The molecule has 3 N–H and O–H groups in total. The first-order chi connectivity index (χ1) is 8.00. The fraction of sp³-hybridized carbons (Fsp3) is 0.364. The topological polar surface area (TPSA) is 75.8 Å². The van der Waals surface area contributed by atoms with Gasteiger partial charge in [-0.25, -0.2) is 4.79 Å². The number of primary amides is 1. The molecule has 0 aliphatic heterocycles. The molecule has 0 saturated carbocycles. The number of nitrogens with two attached hydrogens (primary N) is 1. The van der Waals surface area contributed by atoms with Gasteiger partial charge in [0.25, 0.3) is 0 Å². The first kappa shape index (κ1) is 13.6. The summed E-state index contributed by atoms with van der Waals surface area (Å²) in [6.07, 6.45) is -0.816. The molecule has 1 unspecified atom stereocenters. The van der Waals surface area contributed by atoms with Gasteiger partial charge in [-0.3, -0.25) is 0 Å². The highest BCUT2D eigenvalue weighted by Crippen LogP contribution is 2.23. The molecule has 1 aromatic rings. The Morgan fingerprint density at radius 3 is 2.82 bits per heavy atom. The minimum absolute atomic E-state index is 0.0430. The van der Waals surface area contributed by atoms with Crippen LogP contribution in [0.25, 0.3) is 0 Å². The van der Waals surface area contributed by atoms with E-state index in [0.29, 0.717) is 10.8 Å². The molecular formula is C11H15ClN2O3. The van der Waals surface area contributed by atoms with Gasteiger partial charge in [0.1, 0.15) is 18.5 Å². The quantitative estimate of drug-likeness (QED) is 0.830. The van der Waals surface area contributed by atoms with Crippen molar-refractivity contribution in [3.8, 4) is 5.75 Å². The normalized spacial score (nSPS) is 11.9. The Morgan fingerprint density at radius 2 is 2.24 bits per heavy atom. The van der Waals surface area contributed by atoms with Crippen molar-refractivity contribution in [2.75, 3.05) is 20.2 Å². The van der Waals surface area contributed by atoms with Crippen molar-refractivity contribution in [3.05, 3.63) is 29.3 Å². The van der Waals surface area contributed by atoms with E-state index in [1.54, 1.807) is 24.3 Å². The number of para-hydroxylation sites is 1. The van der Waals surface area contributed by atoms with E-state index in [2.05, 4.69) is 0 Å². The maximum Gasteiger partial charge on any atom is 0.314 e. The summed E-state index contributed by atoms with van der Waals surface area (Å²) in [7, 11) is 1.50. The SMILES string of the molecule is CN(CC(O)COc1ccccc1Cl)C(N)=O. The molecule has 94 valence electrons. The van der Waals surface area contributed by atoms with Gasteiger partial charge in [0, 0.05) is 7.05 Å². The molecule has 0 saturated heterocycles. The van der Waals surface area contributed by atoms with Gasteiger partial charge in [-0.1, -0.05) is 23.7 Å². The standard InChI is InChI=1S/C11H15ClN2O3/c1-14(11(13)16)6-8(15)7-17-10-5-3-2-4-9(10)12/h2-5,8,15H,6-7H2,1H3,(H2,13,16). The summed E-state index contributed by atoms with van der Waals surface area (Å²) in [4.78, 5) is 11.9. The third-order valence-electron chi connectivity index (χ3n) is 2.13. The summed E-state index contributed by atoms with van der Waals surface area (Å²) >= 11 is 5.87. The third-order valence-corrected chi connectivity index (χ3v) is 2.44. The predicted octanol–water partition coefficient (Wildman–Crippen LogP) is 1.09. The number of carbonyl (C=O) groups excluding carboxylic acids is 1. The molecular weight excluding hydrogens is 244 g/mol. The highest BCUT2D eigenvalue weighted by atomic mass is 35.5. The largest absolute Gasteiger partial charge is 0.489 e. The molecule has 0 fully saturated rings. The van der Waals surface area contributed by atoms with Gasteiger partial charge in [0.05, 0.1) is 11.6 Å². The zero-order valence-electron chi connectivity index (χ0n) is 9.47. The van der Waals surface area contributed by atoms with E-state index in [-0.39, 0.29) is 13.2 Å². The lowest BCUT2D eigenvalue weighted by Crippen LogP contribution is -2.39. The van der Waals surface area contributed by atoms with Crippen LogP contribution in [0.15, 0.2) is 24.3 Å². The highest BCUT2D eigenvalue weighted by molar-refractivity contribution is 6.32. The molecule has 0 aliphatic rings. The van der Waals surface area contributed by atoms with Crippen molar-refractivity contribution in [3.63, 3.8) is 0 Å². The second-order valence-electron chi connectivity index (χ2n) is 3.61. The van der Waals surface area contributed by atoms with E-state index >= 15 is 0 Å². The number of amides is 2. The molecule has 1 atom stereocenters. The van der Waals surface area contributed by atoms with Gasteiger partial charge in [-0.2, -0.15) is 0 Å². The summed E-state index contributed by atoms with van der Waals surface area (Å²) in [6, 6.07) is 6.36. The van der Waals surface area contributed by atoms with Crippen LogP contribution >= 0.6 is 11.6 Å². The first-order valence-electron chi connectivity index (χ1n) is 5.06. The van der Waals surface area contributed by atoms with Gasteiger partial charge in [-0.05, 0) is 12.1 Å². The number of urea groups is 1. The van der Waals surface area contributed by atoms with Crippen molar-refractivity contribution >= 4 is 17.6 Å². The van der Waals surface area contributed by atoms with E-state index in [1.807, 2.05) is 0 Å². The molecule has 6 heteroatoms. The monoisotopic (exact) mass is 258 g/mol. The summed E-state index contributed by atoms with van der Waals surface area (Å²) in [6.45, 7) is 0.154. The Morgan fingerprint density at radius 1 is 1.59 bits per heavy atom. The zero-order valence-corrected chi connectivity index (χ0v) is 10.2. The van der Waals surface area contributed by atoms with Gasteiger partial charge < -0.3 is 20.5 Å². The van der Waals surface area contributed by atoms with Crippen molar-refractivity contribution in [2.45, 2.75) is 6.10 Å². The van der Waals surface area contributed by atoms with Crippen LogP contribution < -0.4 is 10.5 Å². The number of aliphatic hydroxyl groups is 1. The second-order valence-corrected chi connectivity index (χ2v) is 4.02. The van der Waals surface area contributed by atoms with Gasteiger partial charge in [0.2, 0.25) is 0 Å². The number of likely N-dealkylation sites (N-methyl/N-ethyl adjacent to an activating group) is 1. The van der Waals surface area contributed by atoms with Crippen LogP contribution in [-0.4, -0.2) is 42.3 Å². The van der Waals surface area contributed by atoms with Crippen LogP contribution in [0.3, 0.4) is 0 Å². The van der Waals surface area contributed by atoms with Crippen molar-refractivity contribution in [1.82, 2.24) is 4.90 Å². The second kappa shape index (κ2) is 6.32. The number of rotatable bonds is 5. The number of halogens is 1. The van der Waals surface area contributed by atoms with E-state index in [4.69, 9.17) is 22.1 Å². The van der Waals surface area contributed by atoms with Crippen LogP contribution in [0.1, 0.15) is 0 Å². The maximum atomic E-state index is 10.7. The Kier molecular flexibility index (Phi) is 5.06. The minimum Gasteiger partial charge on any atom is -0.489 e. The van der Waals surface area contributed by atoms with Crippen molar-refractivity contribution in [2.24, 2.45) is 5.73 Å². The lowest BCUT2D eigenvalue weighted by molar-refractivity contribution is 0.0844. The average Bonchev–Trinajstić information content (AvgIpc) is 2.27. The van der Waals surface area contributed by atoms with Crippen LogP contribution in [0.5, 0.6) is 5.75 Å². The van der Waals surface area contributed by atoms with E-state index in [1.165, 1.54) is 11.9 Å². The van der Waals surface area contributed by atoms with Crippen LogP contribution in [0.2, 0.25) is 5.02 Å². The number of ether oxygens (including phenoxy) is 1. The first-order valence-corrected chi connectivity index (χ1v) is 5.44. The number of hydrogen-bond acceptors (Lipinski definition) is 3. The van der Waals surface area contributed by atoms with Crippen LogP contribution in [0.4, 0.5) is 4.79 Å². The van der Waals surface area contributed by atoms with E-state index in [9.17, 15) is 9.90 Å². The lowest BCUT2D eigenvalue weighted by atomic mass is 10.3.